The van der Waals surface area contributed by atoms with Crippen molar-refractivity contribution in [3.8, 4) is 11.3 Å². The molecule has 0 unspecified atom stereocenters. The van der Waals surface area contributed by atoms with Gasteiger partial charge in [-0.1, -0.05) is 0 Å². The minimum absolute atomic E-state index is 0.112. The number of hydrogen-bond donors (Lipinski definition) is 0. The Morgan fingerprint density at radius 2 is 1.60 bits per heavy atom. The van der Waals surface area contributed by atoms with E-state index in [9.17, 15) is 13.6 Å². The monoisotopic (exact) mass is 338 g/mol. The molecule has 5 heteroatoms. The number of amides is 1. The van der Waals surface area contributed by atoms with Crippen LogP contribution in [-0.4, -0.2) is 28.9 Å². The van der Waals surface area contributed by atoms with Gasteiger partial charge in [-0.15, -0.1) is 0 Å². The highest BCUT2D eigenvalue weighted by molar-refractivity contribution is 6.07. The maximum Gasteiger partial charge on any atom is 0.254 e. The molecule has 1 saturated heterocycles. The van der Waals surface area contributed by atoms with Gasteiger partial charge in [0.05, 0.1) is 16.8 Å². The highest BCUT2D eigenvalue weighted by atomic mass is 19.1. The van der Waals surface area contributed by atoms with E-state index in [0.717, 1.165) is 12.8 Å². The van der Waals surface area contributed by atoms with E-state index in [-0.39, 0.29) is 11.7 Å². The second-order valence-electron chi connectivity index (χ2n) is 6.22. The lowest BCUT2D eigenvalue weighted by Gasteiger charge is -2.17. The van der Waals surface area contributed by atoms with Crippen molar-refractivity contribution in [1.82, 2.24) is 9.88 Å². The van der Waals surface area contributed by atoms with Gasteiger partial charge in [0.1, 0.15) is 11.6 Å². The van der Waals surface area contributed by atoms with E-state index in [4.69, 9.17) is 0 Å². The molecule has 0 N–H and O–H groups in total. The van der Waals surface area contributed by atoms with E-state index in [1.807, 2.05) is 0 Å². The van der Waals surface area contributed by atoms with Crippen LogP contribution in [0.5, 0.6) is 0 Å². The number of carbonyl (C=O) groups excluding carboxylic acids is 1. The Hall–Kier alpha value is -2.82. The number of likely N-dealkylation sites (tertiary alicyclic amines) is 1. The van der Waals surface area contributed by atoms with Crippen LogP contribution in [0.3, 0.4) is 0 Å². The van der Waals surface area contributed by atoms with E-state index in [1.54, 1.807) is 29.2 Å². The number of carbonyl (C=O) groups is 1. The van der Waals surface area contributed by atoms with Crippen molar-refractivity contribution < 1.29 is 13.6 Å². The molecule has 2 heterocycles. The van der Waals surface area contributed by atoms with Crippen molar-refractivity contribution in [1.29, 1.82) is 0 Å². The third kappa shape index (κ3) is 2.97. The number of hydrogen-bond acceptors (Lipinski definition) is 2. The zero-order chi connectivity index (χ0) is 17.4. The Bertz CT molecular complexity index is 948. The molecule has 1 aliphatic rings. The Morgan fingerprint density at radius 1 is 0.920 bits per heavy atom. The van der Waals surface area contributed by atoms with Crippen LogP contribution >= 0.6 is 0 Å². The fourth-order valence-corrected chi connectivity index (χ4v) is 3.23. The standard InChI is InChI=1S/C20H16F2N2O/c21-14-5-3-13(4-6-14)19-12-17(20(25)24-9-1-2-10-24)16-11-15(22)7-8-18(16)23-19/h3-8,11-12H,1-2,9-10H2. The second-order valence-corrected chi connectivity index (χ2v) is 6.22. The molecule has 1 amide bonds. The molecule has 2 aromatic carbocycles. The van der Waals surface area contributed by atoms with Crippen molar-refractivity contribution in [2.45, 2.75) is 12.8 Å². The normalized spacial score (nSPS) is 14.2. The summed E-state index contributed by atoms with van der Waals surface area (Å²) in [5.41, 5.74) is 2.27. The fourth-order valence-electron chi connectivity index (χ4n) is 3.23. The van der Waals surface area contributed by atoms with Crippen molar-refractivity contribution in [3.63, 3.8) is 0 Å². The lowest BCUT2D eigenvalue weighted by atomic mass is 10.0. The van der Waals surface area contributed by atoms with Gasteiger partial charge in [0.15, 0.2) is 0 Å². The summed E-state index contributed by atoms with van der Waals surface area (Å²) >= 11 is 0. The van der Waals surface area contributed by atoms with Gasteiger partial charge in [0.25, 0.3) is 5.91 Å². The van der Waals surface area contributed by atoms with Gasteiger partial charge in [0, 0.05) is 24.0 Å². The van der Waals surface area contributed by atoms with E-state index in [2.05, 4.69) is 4.98 Å². The molecular formula is C20H16F2N2O. The number of aromatic nitrogens is 1. The number of pyridine rings is 1. The molecule has 3 nitrogen and oxygen atoms in total. The summed E-state index contributed by atoms with van der Waals surface area (Å²) < 4.78 is 26.9. The summed E-state index contributed by atoms with van der Waals surface area (Å²) in [5, 5.41) is 0.503. The molecule has 25 heavy (non-hydrogen) atoms. The zero-order valence-corrected chi connectivity index (χ0v) is 13.5. The van der Waals surface area contributed by atoms with E-state index in [0.29, 0.717) is 40.8 Å². The molecule has 3 aromatic rings. The third-order valence-electron chi connectivity index (χ3n) is 4.53. The van der Waals surface area contributed by atoms with Crippen LogP contribution < -0.4 is 0 Å². The van der Waals surface area contributed by atoms with Crippen molar-refractivity contribution in [2.75, 3.05) is 13.1 Å². The van der Waals surface area contributed by atoms with E-state index < -0.39 is 5.82 Å². The van der Waals surface area contributed by atoms with Crippen molar-refractivity contribution in [2.24, 2.45) is 0 Å². The zero-order valence-electron chi connectivity index (χ0n) is 13.5. The molecule has 0 saturated carbocycles. The first kappa shape index (κ1) is 15.7. The maximum absolute atomic E-state index is 13.7. The molecule has 0 radical (unpaired) electrons. The number of rotatable bonds is 2. The lowest BCUT2D eigenvalue weighted by molar-refractivity contribution is 0.0794. The highest BCUT2D eigenvalue weighted by Gasteiger charge is 2.22. The summed E-state index contributed by atoms with van der Waals surface area (Å²) in [7, 11) is 0. The smallest absolute Gasteiger partial charge is 0.254 e. The van der Waals surface area contributed by atoms with Crippen LogP contribution in [0, 0.1) is 11.6 Å². The molecule has 4 rings (SSSR count). The summed E-state index contributed by atoms with van der Waals surface area (Å²) in [4.78, 5) is 19.2. The quantitative estimate of drug-likeness (QED) is 0.693. The van der Waals surface area contributed by atoms with Crippen LogP contribution in [0.4, 0.5) is 8.78 Å². The van der Waals surface area contributed by atoms with Crippen molar-refractivity contribution in [3.05, 3.63) is 65.7 Å². The van der Waals surface area contributed by atoms with Crippen LogP contribution in [-0.2, 0) is 0 Å². The molecule has 126 valence electrons. The van der Waals surface area contributed by atoms with Gasteiger partial charge in [0.2, 0.25) is 0 Å². The predicted octanol–water partition coefficient (Wildman–Crippen LogP) is 4.42. The second kappa shape index (κ2) is 6.24. The van der Waals surface area contributed by atoms with Crippen LogP contribution in [0.25, 0.3) is 22.2 Å². The maximum atomic E-state index is 13.7. The largest absolute Gasteiger partial charge is 0.339 e. The van der Waals surface area contributed by atoms with Crippen LogP contribution in [0.2, 0.25) is 0 Å². The van der Waals surface area contributed by atoms with Crippen molar-refractivity contribution >= 4 is 16.8 Å². The molecule has 0 bridgehead atoms. The number of benzene rings is 2. The molecule has 0 atom stereocenters. The molecular weight excluding hydrogens is 322 g/mol. The third-order valence-corrected chi connectivity index (χ3v) is 4.53. The first-order valence-corrected chi connectivity index (χ1v) is 8.27. The lowest BCUT2D eigenvalue weighted by Crippen LogP contribution is -2.27. The van der Waals surface area contributed by atoms with Gasteiger partial charge in [-0.05, 0) is 61.4 Å². The summed E-state index contributed by atoms with van der Waals surface area (Å²) in [6.07, 6.45) is 1.96. The van der Waals surface area contributed by atoms with Gasteiger partial charge in [-0.3, -0.25) is 4.79 Å². The molecule has 1 fully saturated rings. The van der Waals surface area contributed by atoms with E-state index >= 15 is 0 Å². The Labute approximate surface area is 143 Å². The minimum Gasteiger partial charge on any atom is -0.339 e. The molecule has 0 aliphatic carbocycles. The Morgan fingerprint density at radius 3 is 2.32 bits per heavy atom. The number of fused-ring (bicyclic) bond motifs is 1. The molecule has 1 aromatic heterocycles. The topological polar surface area (TPSA) is 33.2 Å². The van der Waals surface area contributed by atoms with Gasteiger partial charge in [-0.2, -0.15) is 0 Å². The average molecular weight is 338 g/mol. The average Bonchev–Trinajstić information content (AvgIpc) is 3.15. The minimum atomic E-state index is -0.403. The summed E-state index contributed by atoms with van der Waals surface area (Å²) in [6.45, 7) is 1.42. The number of nitrogens with zero attached hydrogens (tertiary/aromatic N) is 2. The summed E-state index contributed by atoms with van der Waals surface area (Å²) in [6, 6.07) is 11.9. The van der Waals surface area contributed by atoms with E-state index in [1.165, 1.54) is 24.3 Å². The molecule has 0 spiro atoms. The first-order valence-electron chi connectivity index (χ1n) is 8.27. The van der Waals surface area contributed by atoms with Gasteiger partial charge >= 0.3 is 0 Å². The SMILES string of the molecule is O=C(c1cc(-c2ccc(F)cc2)nc2ccc(F)cc12)N1CCCC1. The van der Waals surface area contributed by atoms with Gasteiger partial charge < -0.3 is 4.90 Å². The Kier molecular flexibility index (Phi) is 3.92. The van der Waals surface area contributed by atoms with Crippen LogP contribution in [0.15, 0.2) is 48.5 Å². The van der Waals surface area contributed by atoms with Gasteiger partial charge in [-0.25, -0.2) is 13.8 Å². The highest BCUT2D eigenvalue weighted by Crippen LogP contribution is 2.27. The number of halogens is 2. The van der Waals surface area contributed by atoms with Crippen LogP contribution in [0.1, 0.15) is 23.2 Å². The predicted molar refractivity (Wildman–Crippen MR) is 92.2 cm³/mol. The molecule has 1 aliphatic heterocycles. The summed E-state index contributed by atoms with van der Waals surface area (Å²) in [5.74, 6) is -0.849. The Balaban J connectivity index is 1.89. The fraction of sp³-hybridized carbons (Fsp3) is 0.200. The first-order chi connectivity index (χ1) is 12.1.